The van der Waals surface area contributed by atoms with Crippen molar-refractivity contribution < 1.29 is 48.0 Å². The van der Waals surface area contributed by atoms with E-state index in [-0.39, 0.29) is 24.8 Å². The molecule has 2 unspecified atom stereocenters. The first-order chi connectivity index (χ1) is 14.3. The summed E-state index contributed by atoms with van der Waals surface area (Å²) in [6.45, 7) is 4.63. The van der Waals surface area contributed by atoms with Gasteiger partial charge in [-0.3, -0.25) is 0 Å². The topological polar surface area (TPSA) is 0 Å². The van der Waals surface area contributed by atoms with E-state index in [0.29, 0.717) is 0 Å². The summed E-state index contributed by atoms with van der Waals surface area (Å²) < 4.78 is 1.52. The van der Waals surface area contributed by atoms with Crippen LogP contribution in [0.4, 0.5) is 0 Å². The number of rotatable bonds is 10. The standard InChI is InChI=1S/2C14H17.2ClH.Zr/c2*1-2-3-4-7-12-10-13-8-5-6-9-14(13)11-12;;;/h2*5-6,8-11H,2-4,7H2,1H3;2*1H;/q;;;;+2/p-2. The third-order valence-electron chi connectivity index (χ3n) is 6.51. The normalized spacial score (nSPS) is 18.1. The third-order valence-corrected chi connectivity index (χ3v) is 11.5. The number of benzene rings is 2. The Bertz CT molecular complexity index is 826. The molecule has 31 heavy (non-hydrogen) atoms. The Hall–Kier alpha value is -0.617. The van der Waals surface area contributed by atoms with E-state index in [9.17, 15) is 0 Å². The minimum Gasteiger partial charge on any atom is -1.00 e. The van der Waals surface area contributed by atoms with E-state index in [1.165, 1.54) is 62.5 Å². The van der Waals surface area contributed by atoms with Crippen molar-refractivity contribution in [2.45, 2.75) is 72.5 Å². The molecule has 2 aromatic carbocycles. The molecule has 0 radical (unpaired) electrons. The van der Waals surface area contributed by atoms with Gasteiger partial charge in [0.1, 0.15) is 0 Å². The summed E-state index contributed by atoms with van der Waals surface area (Å²) >= 11 is -0.710. The summed E-state index contributed by atoms with van der Waals surface area (Å²) in [5.74, 6) is 0. The van der Waals surface area contributed by atoms with Crippen molar-refractivity contribution in [2.75, 3.05) is 0 Å². The van der Waals surface area contributed by atoms with Crippen molar-refractivity contribution in [1.82, 2.24) is 0 Å². The van der Waals surface area contributed by atoms with E-state index in [1.807, 2.05) is 0 Å². The van der Waals surface area contributed by atoms with Gasteiger partial charge in [0.2, 0.25) is 0 Å². The van der Waals surface area contributed by atoms with Crippen LogP contribution >= 0.6 is 0 Å². The average Bonchev–Trinajstić information content (AvgIpc) is 3.27. The second-order valence-electron chi connectivity index (χ2n) is 8.64. The number of halogens is 2. The van der Waals surface area contributed by atoms with E-state index in [2.05, 4.69) is 74.5 Å². The molecular formula is C28H34Cl2Zr. The predicted octanol–water partition coefficient (Wildman–Crippen LogP) is 2.51. The van der Waals surface area contributed by atoms with Gasteiger partial charge in [-0.05, 0) is 0 Å². The number of fused-ring (bicyclic) bond motifs is 2. The molecule has 4 rings (SSSR count). The van der Waals surface area contributed by atoms with Gasteiger partial charge in [-0.1, -0.05) is 0 Å². The zero-order valence-electron chi connectivity index (χ0n) is 18.8. The van der Waals surface area contributed by atoms with E-state index in [0.717, 1.165) is 7.25 Å². The SMILES string of the molecule is CCCCCC1=Cc2ccccc2[CH]1[Zr+2][CH]1C(CCCCC)=Cc2ccccc21.[Cl-].[Cl-]. The largest absolute Gasteiger partial charge is 1.00 e. The van der Waals surface area contributed by atoms with Crippen molar-refractivity contribution in [1.29, 1.82) is 0 Å². The van der Waals surface area contributed by atoms with Gasteiger partial charge < -0.3 is 24.8 Å². The van der Waals surface area contributed by atoms with Crippen LogP contribution in [0.3, 0.4) is 0 Å². The molecule has 2 atom stereocenters. The van der Waals surface area contributed by atoms with Crippen LogP contribution in [0.15, 0.2) is 59.7 Å². The number of unbranched alkanes of at least 4 members (excludes halogenated alkanes) is 4. The minimum atomic E-state index is -0.710. The van der Waals surface area contributed by atoms with Gasteiger partial charge in [-0.2, -0.15) is 0 Å². The maximum absolute atomic E-state index is 2.55. The summed E-state index contributed by atoms with van der Waals surface area (Å²) in [6.07, 6.45) is 15.8. The van der Waals surface area contributed by atoms with Crippen LogP contribution in [0.1, 0.15) is 94.7 Å². The molecule has 0 amide bonds. The minimum absolute atomic E-state index is 0. The summed E-state index contributed by atoms with van der Waals surface area (Å²) in [4.78, 5) is 0. The maximum atomic E-state index is 2.55. The van der Waals surface area contributed by atoms with E-state index in [4.69, 9.17) is 0 Å². The Morgan fingerprint density at radius 1 is 0.613 bits per heavy atom. The van der Waals surface area contributed by atoms with Crippen molar-refractivity contribution in [2.24, 2.45) is 0 Å². The van der Waals surface area contributed by atoms with Gasteiger partial charge in [0.15, 0.2) is 0 Å². The second-order valence-corrected chi connectivity index (χ2v) is 12.3. The van der Waals surface area contributed by atoms with Crippen LogP contribution in [0.2, 0.25) is 0 Å². The van der Waals surface area contributed by atoms with Gasteiger partial charge in [0, 0.05) is 0 Å². The van der Waals surface area contributed by atoms with Crippen LogP contribution in [-0.4, -0.2) is 0 Å². The molecule has 0 nitrogen and oxygen atoms in total. The molecule has 0 aromatic heterocycles. The summed E-state index contributed by atoms with van der Waals surface area (Å²) in [5.41, 5.74) is 9.80. The van der Waals surface area contributed by atoms with Crippen LogP contribution in [-0.2, 0) is 23.2 Å². The zero-order chi connectivity index (χ0) is 20.1. The maximum Gasteiger partial charge on any atom is -1.00 e. The summed E-state index contributed by atoms with van der Waals surface area (Å²) in [7, 11) is 0. The Kier molecular flexibility index (Phi) is 11.3. The molecule has 2 aliphatic carbocycles. The Morgan fingerprint density at radius 2 is 1.03 bits per heavy atom. The molecule has 3 heteroatoms. The Labute approximate surface area is 213 Å². The van der Waals surface area contributed by atoms with Gasteiger partial charge in [-0.15, -0.1) is 0 Å². The number of hydrogen-bond donors (Lipinski definition) is 0. The molecule has 0 saturated heterocycles. The number of allylic oxidation sites excluding steroid dienone is 2. The Morgan fingerprint density at radius 3 is 1.45 bits per heavy atom. The fraction of sp³-hybridized carbons (Fsp3) is 0.429. The molecule has 0 spiro atoms. The Balaban J connectivity index is 0.00000171. The molecule has 2 aromatic rings. The van der Waals surface area contributed by atoms with Crippen LogP contribution in [0.5, 0.6) is 0 Å². The first-order valence-electron chi connectivity index (χ1n) is 11.7. The molecular weight excluding hydrogens is 498 g/mol. The molecule has 0 fully saturated rings. The van der Waals surface area contributed by atoms with E-state index in [1.54, 1.807) is 22.3 Å². The molecule has 0 aliphatic heterocycles. The van der Waals surface area contributed by atoms with Crippen molar-refractivity contribution in [3.05, 3.63) is 81.9 Å². The first kappa shape index (κ1) is 26.6. The van der Waals surface area contributed by atoms with Gasteiger partial charge in [-0.25, -0.2) is 0 Å². The van der Waals surface area contributed by atoms with Crippen LogP contribution in [0, 0.1) is 0 Å². The molecule has 0 heterocycles. The van der Waals surface area contributed by atoms with Crippen molar-refractivity contribution in [3.63, 3.8) is 0 Å². The monoisotopic (exact) mass is 530 g/mol. The van der Waals surface area contributed by atoms with E-state index >= 15 is 0 Å². The van der Waals surface area contributed by atoms with Gasteiger partial charge in [0.25, 0.3) is 0 Å². The average molecular weight is 533 g/mol. The molecule has 164 valence electrons. The third kappa shape index (κ3) is 6.25. The van der Waals surface area contributed by atoms with E-state index < -0.39 is 23.2 Å². The molecule has 2 aliphatic rings. The number of hydrogen-bond acceptors (Lipinski definition) is 0. The first-order valence-corrected chi connectivity index (χ1v) is 14.5. The fourth-order valence-corrected chi connectivity index (χ4v) is 10.1. The molecule has 0 N–H and O–H groups in total. The van der Waals surface area contributed by atoms with Gasteiger partial charge >= 0.3 is 190 Å². The molecule has 0 bridgehead atoms. The quantitative estimate of drug-likeness (QED) is 0.413. The zero-order valence-corrected chi connectivity index (χ0v) is 22.8. The summed E-state index contributed by atoms with van der Waals surface area (Å²) in [6, 6.07) is 18.5. The molecule has 0 saturated carbocycles. The van der Waals surface area contributed by atoms with Crippen molar-refractivity contribution >= 4 is 12.2 Å². The van der Waals surface area contributed by atoms with Gasteiger partial charge in [0.05, 0.1) is 0 Å². The summed E-state index contributed by atoms with van der Waals surface area (Å²) in [5, 5.41) is 0. The smallest absolute Gasteiger partial charge is 1.00 e. The van der Waals surface area contributed by atoms with Crippen molar-refractivity contribution in [3.8, 4) is 0 Å². The second kappa shape index (κ2) is 13.2. The van der Waals surface area contributed by atoms with Crippen LogP contribution < -0.4 is 24.8 Å². The predicted molar refractivity (Wildman–Crippen MR) is 123 cm³/mol. The van der Waals surface area contributed by atoms with Crippen LogP contribution in [0.25, 0.3) is 12.2 Å². The fourth-order valence-electron chi connectivity index (χ4n) is 4.93.